The second-order valence-electron chi connectivity index (χ2n) is 21.5. The predicted octanol–water partition coefficient (Wildman–Crippen LogP) is 15.0. The van der Waals surface area contributed by atoms with Gasteiger partial charge in [-0.05, 0) is 142 Å². The number of fused-ring (bicyclic) bond motifs is 7. The highest BCUT2D eigenvalue weighted by Gasteiger charge is 2.46. The molecule has 65 heavy (non-hydrogen) atoms. The van der Waals surface area contributed by atoms with E-state index in [2.05, 4.69) is 217 Å². The monoisotopic (exact) mass is 851 g/mol. The first kappa shape index (κ1) is 41.5. The van der Waals surface area contributed by atoms with Gasteiger partial charge in [0.2, 0.25) is 0 Å². The molecule has 2 aliphatic heterocycles. The maximum absolute atomic E-state index is 6.92. The molecule has 0 amide bonds. The maximum atomic E-state index is 6.92. The Labute approximate surface area is 387 Å². The van der Waals surface area contributed by atoms with E-state index >= 15 is 0 Å². The molecule has 1 aromatic heterocycles. The van der Waals surface area contributed by atoms with Crippen LogP contribution >= 0.6 is 0 Å². The number of aryl methyl sites for hydroxylation is 1. The molecule has 0 spiro atoms. The van der Waals surface area contributed by atoms with Crippen molar-refractivity contribution in [3.05, 3.63) is 162 Å². The van der Waals surface area contributed by atoms with Gasteiger partial charge in [0, 0.05) is 57.1 Å². The smallest absolute Gasteiger partial charge is 0.252 e. The summed E-state index contributed by atoms with van der Waals surface area (Å²) >= 11 is 0. The van der Waals surface area contributed by atoms with E-state index in [0.29, 0.717) is 0 Å². The summed E-state index contributed by atoms with van der Waals surface area (Å²) in [5, 5.41) is 2.27. The summed E-state index contributed by atoms with van der Waals surface area (Å²) < 4.78 is 6.92. The number of para-hydroxylation sites is 3. The summed E-state index contributed by atoms with van der Waals surface area (Å²) in [6.07, 6.45) is 6.38. The molecule has 5 heteroatoms. The summed E-state index contributed by atoms with van der Waals surface area (Å²) in [5.74, 6) is 0. The van der Waals surface area contributed by atoms with Crippen LogP contribution in [0.3, 0.4) is 0 Å². The molecule has 3 heterocycles. The summed E-state index contributed by atoms with van der Waals surface area (Å²) in [6.45, 7) is 21.8. The first-order valence-corrected chi connectivity index (χ1v) is 24.1. The highest BCUT2D eigenvalue weighted by atomic mass is 16.3. The van der Waals surface area contributed by atoms with Gasteiger partial charge < -0.3 is 19.1 Å². The summed E-state index contributed by atoms with van der Waals surface area (Å²) in [5.41, 5.74) is 21.1. The van der Waals surface area contributed by atoms with E-state index in [1.165, 1.54) is 93.5 Å². The van der Waals surface area contributed by atoms with Crippen molar-refractivity contribution in [3.63, 3.8) is 0 Å². The lowest BCUT2D eigenvalue weighted by Gasteiger charge is -2.47. The average Bonchev–Trinajstić information content (AvgIpc) is 3.68. The van der Waals surface area contributed by atoms with Gasteiger partial charge in [-0.15, -0.1) is 0 Å². The molecule has 11 rings (SSSR count). The van der Waals surface area contributed by atoms with E-state index in [1.807, 2.05) is 0 Å². The Morgan fingerprint density at radius 2 is 1.22 bits per heavy atom. The number of hydrogen-bond donors (Lipinski definition) is 0. The van der Waals surface area contributed by atoms with Crippen molar-refractivity contribution in [3.8, 4) is 0 Å². The molecule has 0 saturated heterocycles. The van der Waals surface area contributed by atoms with Crippen molar-refractivity contribution in [2.75, 3.05) is 21.2 Å². The van der Waals surface area contributed by atoms with Crippen molar-refractivity contribution in [1.29, 1.82) is 0 Å². The van der Waals surface area contributed by atoms with Crippen LogP contribution in [-0.2, 0) is 16.2 Å². The molecule has 1 fully saturated rings. The standard InChI is InChI=1S/C60H62BN3O/c1-10-62-52-36-39(2)37-53-55(52)61(49-21-17-20-47(56(49)62)60(9)34-14-11-15-35-60)48-33-32-44(38-51(48)64(53)50-22-16-19-46-45-18-12-13-23-54(45)65-57(46)50)63(42-28-24-40(25-29-42)58(3,4)5)43-30-26-41(27-31-43)59(6,7)8/h12-13,16-33,36-38H,10-11,14-15,34-35H2,1-9H3. The lowest BCUT2D eigenvalue weighted by atomic mass is 9.33. The second-order valence-corrected chi connectivity index (χ2v) is 21.5. The zero-order chi connectivity index (χ0) is 45.0. The van der Waals surface area contributed by atoms with Gasteiger partial charge in [-0.3, -0.25) is 0 Å². The van der Waals surface area contributed by atoms with Gasteiger partial charge in [0.05, 0.1) is 5.69 Å². The van der Waals surface area contributed by atoms with Crippen LogP contribution in [0.4, 0.5) is 45.5 Å². The zero-order valence-electron chi connectivity index (χ0n) is 39.8. The quantitative estimate of drug-likeness (QED) is 0.155. The maximum Gasteiger partial charge on any atom is 0.252 e. The molecule has 0 radical (unpaired) electrons. The van der Waals surface area contributed by atoms with Crippen LogP contribution in [0.1, 0.15) is 110 Å². The van der Waals surface area contributed by atoms with Crippen LogP contribution in [0.5, 0.6) is 0 Å². The Balaban J connectivity index is 1.20. The molecule has 0 bridgehead atoms. The Bertz CT molecular complexity index is 3060. The Morgan fingerprint density at radius 3 is 1.88 bits per heavy atom. The average molecular weight is 852 g/mol. The summed E-state index contributed by atoms with van der Waals surface area (Å²) in [6, 6.07) is 53.1. The third-order valence-electron chi connectivity index (χ3n) is 15.1. The van der Waals surface area contributed by atoms with E-state index < -0.39 is 0 Å². The molecule has 0 atom stereocenters. The zero-order valence-corrected chi connectivity index (χ0v) is 39.8. The van der Waals surface area contributed by atoms with Gasteiger partial charge in [0.25, 0.3) is 6.71 Å². The minimum absolute atomic E-state index is 0.0456. The number of benzene rings is 7. The molecule has 326 valence electrons. The van der Waals surface area contributed by atoms with Gasteiger partial charge >= 0.3 is 0 Å². The van der Waals surface area contributed by atoms with Crippen LogP contribution in [0.15, 0.2) is 144 Å². The normalized spacial score (nSPS) is 15.6. The van der Waals surface area contributed by atoms with Gasteiger partial charge in [-0.2, -0.15) is 0 Å². The summed E-state index contributed by atoms with van der Waals surface area (Å²) in [7, 11) is 0. The van der Waals surface area contributed by atoms with Gasteiger partial charge in [0.1, 0.15) is 5.58 Å². The van der Waals surface area contributed by atoms with Crippen molar-refractivity contribution < 1.29 is 4.42 Å². The molecular formula is C60H62BN3O. The van der Waals surface area contributed by atoms with E-state index in [-0.39, 0.29) is 23.0 Å². The van der Waals surface area contributed by atoms with E-state index in [1.54, 1.807) is 0 Å². The molecule has 0 N–H and O–H groups in total. The number of anilines is 8. The van der Waals surface area contributed by atoms with Gasteiger partial charge in [0.15, 0.2) is 5.58 Å². The number of furan rings is 1. The molecule has 1 aliphatic carbocycles. The third kappa shape index (κ3) is 6.71. The van der Waals surface area contributed by atoms with Gasteiger partial charge in [-0.1, -0.05) is 147 Å². The van der Waals surface area contributed by atoms with Crippen LogP contribution in [0.2, 0.25) is 0 Å². The fourth-order valence-corrected chi connectivity index (χ4v) is 11.7. The topological polar surface area (TPSA) is 22.9 Å². The third-order valence-corrected chi connectivity index (χ3v) is 15.1. The minimum Gasteiger partial charge on any atom is -0.454 e. The van der Waals surface area contributed by atoms with Crippen molar-refractivity contribution in [2.45, 2.75) is 111 Å². The summed E-state index contributed by atoms with van der Waals surface area (Å²) in [4.78, 5) is 7.66. The Hall–Kier alpha value is -6.20. The van der Waals surface area contributed by atoms with Crippen LogP contribution in [-0.4, -0.2) is 13.3 Å². The van der Waals surface area contributed by atoms with Crippen molar-refractivity contribution in [1.82, 2.24) is 0 Å². The molecule has 1 saturated carbocycles. The molecule has 7 aromatic carbocycles. The first-order chi connectivity index (χ1) is 31.2. The largest absolute Gasteiger partial charge is 0.454 e. The fourth-order valence-electron chi connectivity index (χ4n) is 11.7. The first-order valence-electron chi connectivity index (χ1n) is 24.1. The molecule has 3 aliphatic rings. The molecular weight excluding hydrogens is 789 g/mol. The molecule has 4 nitrogen and oxygen atoms in total. The van der Waals surface area contributed by atoms with Gasteiger partial charge in [-0.25, -0.2) is 0 Å². The van der Waals surface area contributed by atoms with Crippen molar-refractivity contribution in [2.24, 2.45) is 0 Å². The van der Waals surface area contributed by atoms with E-state index in [0.717, 1.165) is 51.2 Å². The van der Waals surface area contributed by atoms with Crippen LogP contribution in [0.25, 0.3) is 21.9 Å². The highest BCUT2D eigenvalue weighted by Crippen LogP contribution is 2.50. The Morgan fingerprint density at radius 1 is 0.600 bits per heavy atom. The van der Waals surface area contributed by atoms with Crippen LogP contribution in [0, 0.1) is 6.92 Å². The van der Waals surface area contributed by atoms with Crippen LogP contribution < -0.4 is 31.1 Å². The predicted molar refractivity (Wildman–Crippen MR) is 279 cm³/mol. The fraction of sp³-hybridized carbons (Fsp3) is 0.300. The van der Waals surface area contributed by atoms with E-state index in [4.69, 9.17) is 4.42 Å². The van der Waals surface area contributed by atoms with E-state index in [9.17, 15) is 0 Å². The second kappa shape index (κ2) is 15.2. The molecule has 0 unspecified atom stereocenters. The SMILES string of the molecule is CCN1c2cc(C)cc3c2B(c2ccc(N(c4ccc(C(C)(C)C)cc4)c4ccc(C(C)(C)C)cc4)cc2N3c2cccc3c2oc2ccccc23)c2cccc(C3(C)CCCCC3)c21. The molecule has 8 aromatic rings. The lowest BCUT2D eigenvalue weighted by molar-refractivity contribution is 0.320. The number of rotatable bonds is 6. The van der Waals surface area contributed by atoms with Crippen molar-refractivity contribution >= 4 is 90.5 Å². The minimum atomic E-state index is 0.0456. The number of nitrogens with zero attached hydrogens (tertiary/aromatic N) is 3. The number of hydrogen-bond acceptors (Lipinski definition) is 4. The highest BCUT2D eigenvalue weighted by molar-refractivity contribution is 7.00. The Kier molecular flexibility index (Phi) is 9.70. The lowest BCUT2D eigenvalue weighted by Crippen LogP contribution is -2.62.